The Bertz CT molecular complexity index is 330. The SMILES string of the molecule is CCc1c(Cl)c(C)c(Cl)c(CO)c1Cl. The number of benzene rings is 1. The second-order valence-corrected chi connectivity index (χ2v) is 4.17. The second-order valence-electron chi connectivity index (χ2n) is 3.04. The van der Waals surface area contributed by atoms with Crippen molar-refractivity contribution < 1.29 is 5.11 Å². The highest BCUT2D eigenvalue weighted by Crippen LogP contribution is 2.37. The molecule has 78 valence electrons. The van der Waals surface area contributed by atoms with Crippen molar-refractivity contribution in [1.82, 2.24) is 0 Å². The van der Waals surface area contributed by atoms with Crippen LogP contribution in [-0.4, -0.2) is 5.11 Å². The lowest BCUT2D eigenvalue weighted by Gasteiger charge is -2.14. The fourth-order valence-corrected chi connectivity index (χ4v) is 2.47. The maximum absolute atomic E-state index is 9.12. The molecule has 1 N–H and O–H groups in total. The van der Waals surface area contributed by atoms with Crippen LogP contribution in [0, 0.1) is 6.92 Å². The van der Waals surface area contributed by atoms with Crippen molar-refractivity contribution in [2.24, 2.45) is 0 Å². The molecule has 1 rings (SSSR count). The van der Waals surface area contributed by atoms with Crippen molar-refractivity contribution in [1.29, 1.82) is 0 Å². The highest BCUT2D eigenvalue weighted by atomic mass is 35.5. The molecule has 0 aromatic heterocycles. The Labute approximate surface area is 98.6 Å². The summed E-state index contributed by atoms with van der Waals surface area (Å²) in [4.78, 5) is 0. The van der Waals surface area contributed by atoms with E-state index in [1.165, 1.54) is 0 Å². The van der Waals surface area contributed by atoms with E-state index in [0.29, 0.717) is 20.6 Å². The molecular weight excluding hydrogens is 242 g/mol. The fourth-order valence-electron chi connectivity index (χ4n) is 1.37. The van der Waals surface area contributed by atoms with Gasteiger partial charge in [-0.25, -0.2) is 0 Å². The molecule has 0 saturated heterocycles. The van der Waals surface area contributed by atoms with Gasteiger partial charge < -0.3 is 5.11 Å². The van der Waals surface area contributed by atoms with Crippen molar-refractivity contribution >= 4 is 34.8 Å². The lowest BCUT2D eigenvalue weighted by Crippen LogP contribution is -1.97. The number of aliphatic hydroxyl groups is 1. The monoisotopic (exact) mass is 252 g/mol. The van der Waals surface area contributed by atoms with Gasteiger partial charge in [0.2, 0.25) is 0 Å². The van der Waals surface area contributed by atoms with Crippen LogP contribution in [-0.2, 0) is 13.0 Å². The molecule has 1 nitrogen and oxygen atoms in total. The number of halogens is 3. The van der Waals surface area contributed by atoms with Gasteiger partial charge in [0.1, 0.15) is 0 Å². The summed E-state index contributed by atoms with van der Waals surface area (Å²) in [6.07, 6.45) is 0.725. The van der Waals surface area contributed by atoms with Crippen LogP contribution >= 0.6 is 34.8 Å². The molecule has 0 unspecified atom stereocenters. The van der Waals surface area contributed by atoms with Gasteiger partial charge in [0.15, 0.2) is 0 Å². The van der Waals surface area contributed by atoms with Gasteiger partial charge in [0.25, 0.3) is 0 Å². The molecule has 0 amide bonds. The van der Waals surface area contributed by atoms with Gasteiger partial charge in [-0.05, 0) is 24.5 Å². The van der Waals surface area contributed by atoms with Gasteiger partial charge >= 0.3 is 0 Å². The zero-order valence-electron chi connectivity index (χ0n) is 8.00. The Morgan fingerprint density at radius 3 is 1.93 bits per heavy atom. The molecule has 0 aliphatic rings. The molecule has 1 aromatic carbocycles. The molecular formula is C10H11Cl3O. The van der Waals surface area contributed by atoms with E-state index >= 15 is 0 Å². The predicted molar refractivity (Wildman–Crippen MR) is 61.5 cm³/mol. The Hall–Kier alpha value is 0.0500. The van der Waals surface area contributed by atoms with E-state index in [1.807, 2.05) is 13.8 Å². The molecule has 1 aromatic rings. The Morgan fingerprint density at radius 1 is 1.00 bits per heavy atom. The summed E-state index contributed by atoms with van der Waals surface area (Å²) in [5.41, 5.74) is 2.19. The largest absolute Gasteiger partial charge is 0.392 e. The Kier molecular flexibility index (Phi) is 4.08. The van der Waals surface area contributed by atoms with Gasteiger partial charge in [-0.1, -0.05) is 41.7 Å². The van der Waals surface area contributed by atoms with E-state index in [-0.39, 0.29) is 6.61 Å². The topological polar surface area (TPSA) is 20.2 Å². The highest BCUT2D eigenvalue weighted by molar-refractivity contribution is 6.41. The normalized spacial score (nSPS) is 10.7. The standard InChI is InChI=1S/C10H11Cl3O/c1-3-6-8(11)5(2)9(12)7(4-14)10(6)13/h14H,3-4H2,1-2H3. The summed E-state index contributed by atoms with van der Waals surface area (Å²) in [5, 5.41) is 10.7. The van der Waals surface area contributed by atoms with Crippen LogP contribution in [0.15, 0.2) is 0 Å². The first-order valence-electron chi connectivity index (χ1n) is 4.30. The van der Waals surface area contributed by atoms with Crippen molar-refractivity contribution in [3.05, 3.63) is 31.8 Å². The molecule has 0 spiro atoms. The third-order valence-electron chi connectivity index (χ3n) is 2.23. The van der Waals surface area contributed by atoms with Gasteiger partial charge in [-0.3, -0.25) is 0 Å². The average Bonchev–Trinajstić information content (AvgIpc) is 2.16. The molecule has 0 aliphatic heterocycles. The summed E-state index contributed by atoms with van der Waals surface area (Å²) >= 11 is 18.1. The molecule has 0 fully saturated rings. The minimum absolute atomic E-state index is 0.164. The zero-order chi connectivity index (χ0) is 10.9. The molecule has 0 saturated carbocycles. The smallest absolute Gasteiger partial charge is 0.0711 e. The van der Waals surface area contributed by atoms with E-state index < -0.39 is 0 Å². The van der Waals surface area contributed by atoms with Crippen LogP contribution in [0.5, 0.6) is 0 Å². The molecule has 0 bridgehead atoms. The third-order valence-corrected chi connectivity index (χ3v) is 3.71. The van der Waals surface area contributed by atoms with Crippen LogP contribution in [0.2, 0.25) is 15.1 Å². The number of hydrogen-bond donors (Lipinski definition) is 1. The number of rotatable bonds is 2. The Balaban J connectivity index is 3.56. The summed E-state index contributed by atoms with van der Waals surface area (Å²) in [6.45, 7) is 3.61. The molecule has 0 aliphatic carbocycles. The second kappa shape index (κ2) is 4.71. The predicted octanol–water partition coefficient (Wildman–Crippen LogP) is 4.01. The third kappa shape index (κ3) is 1.87. The molecule has 0 radical (unpaired) electrons. The van der Waals surface area contributed by atoms with Crippen LogP contribution in [0.4, 0.5) is 0 Å². The minimum atomic E-state index is -0.164. The fraction of sp³-hybridized carbons (Fsp3) is 0.400. The summed E-state index contributed by atoms with van der Waals surface area (Å²) in [6, 6.07) is 0. The van der Waals surface area contributed by atoms with Gasteiger partial charge in [0, 0.05) is 10.6 Å². The lowest BCUT2D eigenvalue weighted by atomic mass is 10.0. The van der Waals surface area contributed by atoms with E-state index in [0.717, 1.165) is 17.5 Å². The van der Waals surface area contributed by atoms with Crippen molar-refractivity contribution in [2.75, 3.05) is 0 Å². The Morgan fingerprint density at radius 2 is 1.50 bits per heavy atom. The summed E-state index contributed by atoms with van der Waals surface area (Å²) in [7, 11) is 0. The van der Waals surface area contributed by atoms with Crippen molar-refractivity contribution in [3.63, 3.8) is 0 Å². The molecule has 0 atom stereocenters. The van der Waals surface area contributed by atoms with Crippen molar-refractivity contribution in [2.45, 2.75) is 26.9 Å². The van der Waals surface area contributed by atoms with E-state index in [9.17, 15) is 0 Å². The van der Waals surface area contributed by atoms with Crippen LogP contribution in [0.25, 0.3) is 0 Å². The first kappa shape index (κ1) is 12.1. The van der Waals surface area contributed by atoms with Gasteiger partial charge in [0.05, 0.1) is 16.7 Å². The molecule has 0 heterocycles. The van der Waals surface area contributed by atoms with Crippen LogP contribution in [0.1, 0.15) is 23.6 Å². The molecule has 14 heavy (non-hydrogen) atoms. The van der Waals surface area contributed by atoms with E-state index in [4.69, 9.17) is 39.9 Å². The molecule has 4 heteroatoms. The summed E-state index contributed by atoms with van der Waals surface area (Å²) in [5.74, 6) is 0. The van der Waals surface area contributed by atoms with Crippen molar-refractivity contribution in [3.8, 4) is 0 Å². The van der Waals surface area contributed by atoms with Crippen LogP contribution in [0.3, 0.4) is 0 Å². The zero-order valence-corrected chi connectivity index (χ0v) is 10.3. The first-order chi connectivity index (χ1) is 6.54. The van der Waals surface area contributed by atoms with E-state index in [1.54, 1.807) is 0 Å². The summed E-state index contributed by atoms with van der Waals surface area (Å²) < 4.78 is 0. The first-order valence-corrected chi connectivity index (χ1v) is 5.43. The van der Waals surface area contributed by atoms with Crippen LogP contribution < -0.4 is 0 Å². The minimum Gasteiger partial charge on any atom is -0.392 e. The van der Waals surface area contributed by atoms with E-state index in [2.05, 4.69) is 0 Å². The quantitative estimate of drug-likeness (QED) is 0.844. The van der Waals surface area contributed by atoms with Gasteiger partial charge in [-0.2, -0.15) is 0 Å². The lowest BCUT2D eigenvalue weighted by molar-refractivity contribution is 0.282. The maximum atomic E-state index is 9.12. The van der Waals surface area contributed by atoms with Gasteiger partial charge in [-0.15, -0.1) is 0 Å². The highest BCUT2D eigenvalue weighted by Gasteiger charge is 2.16. The maximum Gasteiger partial charge on any atom is 0.0711 e. The number of hydrogen-bond acceptors (Lipinski definition) is 1. The number of aliphatic hydroxyl groups excluding tert-OH is 1. The average molecular weight is 254 g/mol.